The Hall–Kier alpha value is -2.25. The molecule has 1 aromatic carbocycles. The van der Waals surface area contributed by atoms with Crippen molar-refractivity contribution in [1.82, 2.24) is 10.2 Å². The summed E-state index contributed by atoms with van der Waals surface area (Å²) in [4.78, 5) is 24.9. The minimum atomic E-state index is -4.87. The maximum atomic E-state index is 12.3. The van der Waals surface area contributed by atoms with Gasteiger partial charge in [-0.3, -0.25) is 9.59 Å². The number of carbonyl (C=O) groups is 2. The van der Waals surface area contributed by atoms with Gasteiger partial charge in [0, 0.05) is 25.6 Å². The molecule has 0 spiro atoms. The number of nitrogens with zero attached hydrogens (tertiary/aromatic N) is 1. The summed E-state index contributed by atoms with van der Waals surface area (Å²) in [6.07, 6.45) is -3.35. The molecule has 1 aliphatic heterocycles. The zero-order valence-corrected chi connectivity index (χ0v) is 17.1. The summed E-state index contributed by atoms with van der Waals surface area (Å²) in [7, 11) is 0. The molecule has 1 N–H and O–H groups in total. The molecular weight excluding hydrogens is 385 g/mol. The highest BCUT2D eigenvalue weighted by molar-refractivity contribution is 5.82. The number of carbonyl (C=O) groups excluding carboxylic acids is 2. The Labute approximate surface area is 169 Å². The van der Waals surface area contributed by atoms with Crippen LogP contribution in [0.2, 0.25) is 0 Å². The van der Waals surface area contributed by atoms with Crippen molar-refractivity contribution in [3.63, 3.8) is 0 Å². The fourth-order valence-electron chi connectivity index (χ4n) is 3.16. The van der Waals surface area contributed by atoms with Gasteiger partial charge in [-0.15, -0.1) is 0 Å². The summed E-state index contributed by atoms with van der Waals surface area (Å²) in [5, 5.41) is 1.98. The smallest absolute Gasteiger partial charge is 0.471 e. The lowest BCUT2D eigenvalue weighted by molar-refractivity contribution is -0.174. The summed E-state index contributed by atoms with van der Waals surface area (Å²) in [6.45, 7) is 7.52. The Morgan fingerprint density at radius 3 is 2.21 bits per heavy atom. The molecule has 0 radical (unpaired) electrons. The van der Waals surface area contributed by atoms with Crippen LogP contribution < -0.4 is 10.1 Å². The number of hydrogen-bond acceptors (Lipinski definition) is 3. The second kappa shape index (κ2) is 9.50. The number of likely N-dealkylation sites (tertiary alicyclic amines) is 1. The van der Waals surface area contributed by atoms with E-state index in [0.717, 1.165) is 5.75 Å². The number of rotatable bonds is 6. The van der Waals surface area contributed by atoms with Gasteiger partial charge in [-0.05, 0) is 42.4 Å². The third kappa shape index (κ3) is 7.25. The minimum absolute atomic E-state index is 0.0442. The standard InChI is InChI=1S/C21H29F3N2O3/c1-20(2,3)15-6-8-17(9-7-15)29-14-4-5-18(27)26-12-10-16(11-13-26)25-19(28)21(22,23)24/h6-9,16H,4-5,10-14H2,1-3H3,(H,25,28). The molecule has 0 bridgehead atoms. The number of amides is 2. The second-order valence-electron chi connectivity index (χ2n) is 8.35. The van der Waals surface area contributed by atoms with E-state index in [2.05, 4.69) is 20.8 Å². The van der Waals surface area contributed by atoms with E-state index in [0.29, 0.717) is 45.4 Å². The van der Waals surface area contributed by atoms with Crippen LogP contribution in [-0.2, 0) is 15.0 Å². The predicted octanol–water partition coefficient (Wildman–Crippen LogP) is 3.81. The number of hydrogen-bond donors (Lipinski definition) is 1. The Morgan fingerprint density at radius 2 is 1.69 bits per heavy atom. The highest BCUT2D eigenvalue weighted by Gasteiger charge is 2.40. The average molecular weight is 414 g/mol. The summed E-state index contributed by atoms with van der Waals surface area (Å²) < 4.78 is 42.5. The van der Waals surface area contributed by atoms with Crippen LogP contribution in [-0.4, -0.2) is 48.6 Å². The number of halogens is 3. The molecule has 0 unspecified atom stereocenters. The molecule has 2 amide bonds. The first-order valence-corrected chi connectivity index (χ1v) is 9.85. The zero-order valence-electron chi connectivity index (χ0n) is 17.1. The Kier molecular flexibility index (Phi) is 7.54. The second-order valence-corrected chi connectivity index (χ2v) is 8.35. The topological polar surface area (TPSA) is 58.6 Å². The van der Waals surface area contributed by atoms with Crippen molar-refractivity contribution in [2.24, 2.45) is 0 Å². The number of benzene rings is 1. The molecule has 162 valence electrons. The maximum Gasteiger partial charge on any atom is 0.471 e. The van der Waals surface area contributed by atoms with E-state index in [1.54, 1.807) is 4.90 Å². The fourth-order valence-corrected chi connectivity index (χ4v) is 3.16. The van der Waals surface area contributed by atoms with E-state index in [9.17, 15) is 22.8 Å². The molecule has 0 saturated carbocycles. The Balaban J connectivity index is 1.66. The van der Waals surface area contributed by atoms with Crippen LogP contribution in [0.5, 0.6) is 5.75 Å². The van der Waals surface area contributed by atoms with Crippen molar-refractivity contribution < 1.29 is 27.5 Å². The van der Waals surface area contributed by atoms with E-state index >= 15 is 0 Å². The largest absolute Gasteiger partial charge is 0.494 e. The van der Waals surface area contributed by atoms with Gasteiger partial charge < -0.3 is 15.0 Å². The number of nitrogens with one attached hydrogen (secondary N) is 1. The summed E-state index contributed by atoms with van der Waals surface area (Å²) in [5.74, 6) is -1.21. The Bertz CT molecular complexity index is 689. The highest BCUT2D eigenvalue weighted by Crippen LogP contribution is 2.24. The fraction of sp³-hybridized carbons (Fsp3) is 0.619. The predicted molar refractivity (Wildman–Crippen MR) is 104 cm³/mol. The maximum absolute atomic E-state index is 12.3. The van der Waals surface area contributed by atoms with Crippen LogP contribution in [0.1, 0.15) is 52.0 Å². The SMILES string of the molecule is CC(C)(C)c1ccc(OCCCC(=O)N2CCC(NC(=O)C(F)(F)F)CC2)cc1. The van der Waals surface area contributed by atoms with Crippen molar-refractivity contribution in [3.05, 3.63) is 29.8 Å². The van der Waals surface area contributed by atoms with Crippen LogP contribution in [0.15, 0.2) is 24.3 Å². The third-order valence-corrected chi connectivity index (χ3v) is 4.96. The van der Waals surface area contributed by atoms with E-state index in [-0.39, 0.29) is 11.3 Å². The molecule has 0 aliphatic carbocycles. The van der Waals surface area contributed by atoms with Gasteiger partial charge in [-0.25, -0.2) is 0 Å². The molecule has 2 rings (SSSR count). The van der Waals surface area contributed by atoms with Gasteiger partial charge in [0.25, 0.3) is 0 Å². The number of alkyl halides is 3. The minimum Gasteiger partial charge on any atom is -0.494 e. The first-order chi connectivity index (χ1) is 13.5. The van der Waals surface area contributed by atoms with Crippen molar-refractivity contribution in [3.8, 4) is 5.75 Å². The normalized spacial score (nSPS) is 15.9. The van der Waals surface area contributed by atoms with Crippen LogP contribution in [0, 0.1) is 0 Å². The van der Waals surface area contributed by atoms with Crippen molar-refractivity contribution in [1.29, 1.82) is 0 Å². The molecular formula is C21H29F3N2O3. The van der Waals surface area contributed by atoms with Gasteiger partial charge in [0.05, 0.1) is 6.61 Å². The molecule has 1 fully saturated rings. The monoisotopic (exact) mass is 414 g/mol. The summed E-state index contributed by atoms with van der Waals surface area (Å²) >= 11 is 0. The van der Waals surface area contributed by atoms with Gasteiger partial charge in [0.15, 0.2) is 0 Å². The highest BCUT2D eigenvalue weighted by atomic mass is 19.4. The number of ether oxygens (including phenoxy) is 1. The lowest BCUT2D eigenvalue weighted by Crippen LogP contribution is -2.49. The molecule has 8 heteroatoms. The zero-order chi connectivity index (χ0) is 21.7. The molecule has 1 aliphatic rings. The van der Waals surface area contributed by atoms with Gasteiger partial charge in [0.1, 0.15) is 5.75 Å². The molecule has 29 heavy (non-hydrogen) atoms. The van der Waals surface area contributed by atoms with Gasteiger partial charge in [0.2, 0.25) is 5.91 Å². The Morgan fingerprint density at radius 1 is 1.10 bits per heavy atom. The van der Waals surface area contributed by atoms with E-state index in [1.807, 2.05) is 29.6 Å². The van der Waals surface area contributed by atoms with Gasteiger partial charge in [-0.2, -0.15) is 13.2 Å². The average Bonchev–Trinajstić information content (AvgIpc) is 2.64. The summed E-state index contributed by atoms with van der Waals surface area (Å²) in [6, 6.07) is 7.35. The molecule has 1 saturated heterocycles. The van der Waals surface area contributed by atoms with Crippen LogP contribution >= 0.6 is 0 Å². The van der Waals surface area contributed by atoms with Gasteiger partial charge in [-0.1, -0.05) is 32.9 Å². The van der Waals surface area contributed by atoms with E-state index < -0.39 is 18.1 Å². The van der Waals surface area contributed by atoms with E-state index in [4.69, 9.17) is 4.74 Å². The molecule has 5 nitrogen and oxygen atoms in total. The van der Waals surface area contributed by atoms with Crippen LogP contribution in [0.3, 0.4) is 0 Å². The summed E-state index contributed by atoms with van der Waals surface area (Å²) in [5.41, 5.74) is 1.29. The first kappa shape index (κ1) is 23.0. The quantitative estimate of drug-likeness (QED) is 0.720. The van der Waals surface area contributed by atoms with Crippen molar-refractivity contribution in [2.45, 2.75) is 64.1 Å². The van der Waals surface area contributed by atoms with Crippen LogP contribution in [0.4, 0.5) is 13.2 Å². The van der Waals surface area contributed by atoms with E-state index in [1.165, 1.54) is 5.56 Å². The molecule has 1 heterocycles. The molecule has 1 aromatic rings. The van der Waals surface area contributed by atoms with Gasteiger partial charge >= 0.3 is 12.1 Å². The molecule has 0 atom stereocenters. The van der Waals surface area contributed by atoms with Crippen LogP contribution in [0.25, 0.3) is 0 Å². The first-order valence-electron chi connectivity index (χ1n) is 9.85. The third-order valence-electron chi connectivity index (χ3n) is 4.96. The lowest BCUT2D eigenvalue weighted by Gasteiger charge is -2.32. The molecule has 0 aromatic heterocycles. The van der Waals surface area contributed by atoms with Crippen molar-refractivity contribution >= 4 is 11.8 Å². The van der Waals surface area contributed by atoms with Crippen molar-refractivity contribution in [2.75, 3.05) is 19.7 Å². The lowest BCUT2D eigenvalue weighted by atomic mass is 9.87. The number of piperidine rings is 1.